The zero-order valence-electron chi connectivity index (χ0n) is 10.4. The van der Waals surface area contributed by atoms with Gasteiger partial charge in [0.25, 0.3) is 0 Å². The van der Waals surface area contributed by atoms with Crippen LogP contribution in [0.4, 0.5) is 4.39 Å². The molecule has 0 aliphatic rings. The van der Waals surface area contributed by atoms with Crippen LogP contribution in [0.3, 0.4) is 0 Å². The van der Waals surface area contributed by atoms with Crippen LogP contribution in [0.25, 0.3) is 0 Å². The van der Waals surface area contributed by atoms with E-state index in [0.717, 1.165) is 6.54 Å². The van der Waals surface area contributed by atoms with Gasteiger partial charge in [-0.1, -0.05) is 13.8 Å². The molecule has 0 aliphatic heterocycles. The van der Waals surface area contributed by atoms with Crippen molar-refractivity contribution in [3.05, 3.63) is 29.6 Å². The molecule has 16 heavy (non-hydrogen) atoms. The number of hydrogen-bond donors (Lipinski definition) is 1. The highest BCUT2D eigenvalue weighted by atomic mass is 19.1. The Hall–Kier alpha value is -1.09. The number of aromatic hydroxyl groups is 1. The number of benzene rings is 1. The summed E-state index contributed by atoms with van der Waals surface area (Å²) in [4.78, 5) is 2.11. The van der Waals surface area contributed by atoms with Gasteiger partial charge in [0, 0.05) is 18.2 Å². The predicted molar refractivity (Wildman–Crippen MR) is 63.9 cm³/mol. The first-order chi connectivity index (χ1) is 7.41. The first-order valence-electron chi connectivity index (χ1n) is 5.60. The van der Waals surface area contributed by atoms with Gasteiger partial charge >= 0.3 is 0 Å². The Morgan fingerprint density at radius 2 is 1.94 bits per heavy atom. The first kappa shape index (κ1) is 13.0. The average Bonchev–Trinajstić information content (AvgIpc) is 2.19. The van der Waals surface area contributed by atoms with Crippen LogP contribution in [0.2, 0.25) is 0 Å². The molecule has 0 bridgehead atoms. The molecule has 0 aromatic heterocycles. The minimum Gasteiger partial charge on any atom is -0.508 e. The summed E-state index contributed by atoms with van der Waals surface area (Å²) in [6.07, 6.45) is 0. The van der Waals surface area contributed by atoms with Crippen molar-refractivity contribution in [2.75, 3.05) is 13.6 Å². The minimum absolute atomic E-state index is 0.0121. The van der Waals surface area contributed by atoms with Crippen molar-refractivity contribution < 1.29 is 9.50 Å². The van der Waals surface area contributed by atoms with Crippen LogP contribution < -0.4 is 0 Å². The van der Waals surface area contributed by atoms with E-state index in [9.17, 15) is 9.50 Å². The van der Waals surface area contributed by atoms with Gasteiger partial charge in [-0.2, -0.15) is 0 Å². The lowest BCUT2D eigenvalue weighted by atomic mass is 10.0. The maximum atomic E-state index is 13.1. The van der Waals surface area contributed by atoms with E-state index in [-0.39, 0.29) is 17.6 Å². The van der Waals surface area contributed by atoms with E-state index in [4.69, 9.17) is 0 Å². The number of phenolic OH excluding ortho intramolecular Hbond substituents is 1. The molecule has 2 nitrogen and oxygen atoms in total. The number of rotatable bonds is 4. The van der Waals surface area contributed by atoms with Gasteiger partial charge in [-0.15, -0.1) is 0 Å². The lowest BCUT2D eigenvalue weighted by Gasteiger charge is -2.27. The van der Waals surface area contributed by atoms with Gasteiger partial charge in [0.05, 0.1) is 0 Å². The summed E-state index contributed by atoms with van der Waals surface area (Å²) < 4.78 is 13.1. The van der Waals surface area contributed by atoms with Crippen LogP contribution in [-0.2, 0) is 0 Å². The molecule has 1 N–H and O–H groups in total. The molecule has 1 atom stereocenters. The van der Waals surface area contributed by atoms with Crippen LogP contribution >= 0.6 is 0 Å². The molecule has 0 saturated carbocycles. The molecule has 1 rings (SSSR count). The summed E-state index contributed by atoms with van der Waals surface area (Å²) in [6, 6.07) is 4.09. The smallest absolute Gasteiger partial charge is 0.123 e. The summed E-state index contributed by atoms with van der Waals surface area (Å²) in [5.41, 5.74) is 0.642. The highest BCUT2D eigenvalue weighted by Gasteiger charge is 2.16. The second kappa shape index (κ2) is 5.30. The normalized spacial score (nSPS) is 13.4. The molecule has 0 heterocycles. The van der Waals surface area contributed by atoms with E-state index in [1.807, 2.05) is 14.0 Å². The van der Waals surface area contributed by atoms with Crippen molar-refractivity contribution in [3.8, 4) is 5.75 Å². The molecule has 0 fully saturated rings. The second-order valence-electron chi connectivity index (χ2n) is 4.71. The molecule has 1 aromatic carbocycles. The van der Waals surface area contributed by atoms with E-state index in [2.05, 4.69) is 18.7 Å². The molecular weight excluding hydrogens is 205 g/mol. The zero-order chi connectivity index (χ0) is 12.3. The lowest BCUT2D eigenvalue weighted by molar-refractivity contribution is 0.229. The molecule has 0 radical (unpaired) electrons. The second-order valence-corrected chi connectivity index (χ2v) is 4.71. The van der Waals surface area contributed by atoms with Gasteiger partial charge in [-0.05, 0) is 38.1 Å². The molecule has 90 valence electrons. The number of phenols is 1. The molecule has 0 spiro atoms. The molecular formula is C13H20FNO. The Morgan fingerprint density at radius 1 is 1.31 bits per heavy atom. The first-order valence-corrected chi connectivity index (χ1v) is 5.60. The fourth-order valence-corrected chi connectivity index (χ4v) is 1.83. The largest absolute Gasteiger partial charge is 0.508 e. The third kappa shape index (κ3) is 3.20. The van der Waals surface area contributed by atoms with Crippen molar-refractivity contribution in [1.82, 2.24) is 4.90 Å². The molecule has 3 heteroatoms. The summed E-state index contributed by atoms with van der Waals surface area (Å²) in [5, 5.41) is 9.70. The summed E-state index contributed by atoms with van der Waals surface area (Å²) in [6.45, 7) is 7.15. The van der Waals surface area contributed by atoms with Gasteiger partial charge in [-0.25, -0.2) is 4.39 Å². The monoisotopic (exact) mass is 225 g/mol. The highest BCUT2D eigenvalue weighted by Crippen LogP contribution is 2.28. The summed E-state index contributed by atoms with van der Waals surface area (Å²) >= 11 is 0. The zero-order valence-corrected chi connectivity index (χ0v) is 10.4. The Morgan fingerprint density at radius 3 is 2.50 bits per heavy atom. The van der Waals surface area contributed by atoms with Crippen molar-refractivity contribution in [2.45, 2.75) is 26.8 Å². The van der Waals surface area contributed by atoms with Gasteiger partial charge in [0.2, 0.25) is 0 Å². The summed E-state index contributed by atoms with van der Waals surface area (Å²) in [5.74, 6) is 0.394. The third-order valence-electron chi connectivity index (χ3n) is 2.75. The van der Waals surface area contributed by atoms with Gasteiger partial charge in [-0.3, -0.25) is 4.90 Å². The minimum atomic E-state index is -0.308. The maximum absolute atomic E-state index is 13.1. The Kier molecular flexibility index (Phi) is 4.30. The van der Waals surface area contributed by atoms with Crippen molar-refractivity contribution in [1.29, 1.82) is 0 Å². The SMILES string of the molecule is CC(C)CN(C)C(C)c1cc(F)ccc1O. The van der Waals surface area contributed by atoms with Crippen molar-refractivity contribution >= 4 is 0 Å². The topological polar surface area (TPSA) is 23.5 Å². The Labute approximate surface area is 96.7 Å². The van der Waals surface area contributed by atoms with Crippen LogP contribution in [0.15, 0.2) is 18.2 Å². The fourth-order valence-electron chi connectivity index (χ4n) is 1.83. The molecule has 0 aliphatic carbocycles. The Balaban J connectivity index is 2.86. The van der Waals surface area contributed by atoms with Crippen molar-refractivity contribution in [2.24, 2.45) is 5.92 Å². The van der Waals surface area contributed by atoms with Crippen LogP contribution in [0.1, 0.15) is 32.4 Å². The van der Waals surface area contributed by atoms with Gasteiger partial charge in [0.15, 0.2) is 0 Å². The van der Waals surface area contributed by atoms with Crippen molar-refractivity contribution in [3.63, 3.8) is 0 Å². The summed E-state index contributed by atoms with van der Waals surface area (Å²) in [7, 11) is 1.98. The number of halogens is 1. The predicted octanol–water partition coefficient (Wildman–Crippen LogP) is 3.18. The molecule has 1 aromatic rings. The van der Waals surface area contributed by atoms with Gasteiger partial charge < -0.3 is 5.11 Å². The van der Waals surface area contributed by atoms with E-state index >= 15 is 0 Å². The quantitative estimate of drug-likeness (QED) is 0.850. The van der Waals surface area contributed by atoms with E-state index in [0.29, 0.717) is 11.5 Å². The maximum Gasteiger partial charge on any atom is 0.123 e. The number of nitrogens with zero attached hydrogens (tertiary/aromatic N) is 1. The van der Waals surface area contributed by atoms with E-state index < -0.39 is 0 Å². The molecule has 1 unspecified atom stereocenters. The average molecular weight is 225 g/mol. The third-order valence-corrected chi connectivity index (χ3v) is 2.75. The molecule has 0 amide bonds. The van der Waals surface area contributed by atoms with E-state index in [1.54, 1.807) is 0 Å². The Bertz CT molecular complexity index is 352. The fraction of sp³-hybridized carbons (Fsp3) is 0.538. The van der Waals surface area contributed by atoms with Crippen LogP contribution in [0.5, 0.6) is 5.75 Å². The van der Waals surface area contributed by atoms with Crippen LogP contribution in [0, 0.1) is 11.7 Å². The highest BCUT2D eigenvalue weighted by molar-refractivity contribution is 5.34. The lowest BCUT2D eigenvalue weighted by Crippen LogP contribution is -2.26. The molecule has 0 saturated heterocycles. The van der Waals surface area contributed by atoms with E-state index in [1.165, 1.54) is 18.2 Å². The number of hydrogen-bond acceptors (Lipinski definition) is 2. The van der Waals surface area contributed by atoms with Crippen LogP contribution in [-0.4, -0.2) is 23.6 Å². The van der Waals surface area contributed by atoms with Gasteiger partial charge in [0.1, 0.15) is 11.6 Å². The standard InChI is InChI=1S/C13H20FNO/c1-9(2)8-15(4)10(3)12-7-11(14)5-6-13(12)16/h5-7,9-10,16H,8H2,1-4H3.